The number of thiazole rings is 1. The van der Waals surface area contributed by atoms with Crippen LogP contribution in [0.3, 0.4) is 0 Å². The molecule has 0 saturated heterocycles. The molecule has 28 heavy (non-hydrogen) atoms. The molecule has 2 aromatic carbocycles. The number of fused-ring (bicyclic) bond motifs is 1. The average Bonchev–Trinajstić information content (AvgIpc) is 3.11. The van der Waals surface area contributed by atoms with Gasteiger partial charge in [-0.3, -0.25) is 15.0 Å². The number of nitrogens with one attached hydrogen (secondary N) is 1. The number of aromatic nitrogens is 1. The first-order valence-electron chi connectivity index (χ1n) is 7.81. The zero-order chi connectivity index (χ0) is 20.0. The summed E-state index contributed by atoms with van der Waals surface area (Å²) in [5, 5.41) is 12.0. The lowest BCUT2D eigenvalue weighted by atomic mass is 10.1. The van der Waals surface area contributed by atoms with E-state index < -0.39 is 11.8 Å². The molecular weight excluding hydrogens is 486 g/mol. The molecule has 0 atom stereocenters. The van der Waals surface area contributed by atoms with E-state index in [4.69, 9.17) is 23.8 Å². The third-order valence-electron chi connectivity index (χ3n) is 4.01. The van der Waals surface area contributed by atoms with Crippen LogP contribution in [-0.4, -0.2) is 21.6 Å². The van der Waals surface area contributed by atoms with Crippen LogP contribution in [-0.2, 0) is 4.79 Å². The quantitative estimate of drug-likeness (QED) is 0.548. The smallest absolute Gasteiger partial charge is 0.279 e. The molecule has 2 heterocycles. The summed E-state index contributed by atoms with van der Waals surface area (Å²) in [6, 6.07) is 11.7. The zero-order valence-corrected chi connectivity index (χ0v) is 17.7. The van der Waals surface area contributed by atoms with Crippen LogP contribution in [0, 0.1) is 3.95 Å². The van der Waals surface area contributed by atoms with Gasteiger partial charge >= 0.3 is 0 Å². The van der Waals surface area contributed by atoms with E-state index in [0.717, 1.165) is 20.5 Å². The van der Waals surface area contributed by atoms with Crippen molar-refractivity contribution in [3.05, 3.63) is 76.9 Å². The highest BCUT2D eigenvalue weighted by molar-refractivity contribution is 9.10. The number of hydrogen-bond donors (Lipinski definition) is 2. The zero-order valence-electron chi connectivity index (χ0n) is 13.8. The van der Waals surface area contributed by atoms with Gasteiger partial charge in [0.25, 0.3) is 11.8 Å². The summed E-state index contributed by atoms with van der Waals surface area (Å²) in [6.45, 7) is 0. The Morgan fingerprint density at radius 3 is 2.79 bits per heavy atom. The molecule has 0 radical (unpaired) electrons. The maximum atomic E-state index is 12.5. The number of carbonyl (C=O) groups is 2. The number of carbonyl (C=O) groups excluding carboxylic acids is 2. The Morgan fingerprint density at radius 1 is 1.29 bits per heavy atom. The van der Waals surface area contributed by atoms with Crippen molar-refractivity contribution < 1.29 is 14.7 Å². The Hall–Kier alpha value is -2.33. The van der Waals surface area contributed by atoms with E-state index in [1.165, 1.54) is 0 Å². The lowest BCUT2D eigenvalue weighted by molar-refractivity contribution is -0.112. The van der Waals surface area contributed by atoms with E-state index in [9.17, 15) is 14.7 Å². The second-order valence-electron chi connectivity index (χ2n) is 5.73. The van der Waals surface area contributed by atoms with Gasteiger partial charge in [-0.15, -0.1) is 0 Å². The van der Waals surface area contributed by atoms with Gasteiger partial charge in [0, 0.05) is 9.69 Å². The number of rotatable bonds is 3. The molecule has 0 unspecified atom stereocenters. The van der Waals surface area contributed by atoms with E-state index >= 15 is 0 Å². The van der Waals surface area contributed by atoms with Crippen molar-refractivity contribution >= 4 is 68.5 Å². The van der Waals surface area contributed by atoms with Crippen LogP contribution in [0.5, 0.6) is 5.88 Å². The number of halogens is 2. The molecule has 0 aliphatic carbocycles. The summed E-state index contributed by atoms with van der Waals surface area (Å²) < 4.78 is 1.98. The fourth-order valence-corrected chi connectivity index (χ4v) is 4.59. The maximum absolute atomic E-state index is 12.5. The van der Waals surface area contributed by atoms with Gasteiger partial charge in [0.2, 0.25) is 5.88 Å². The average molecular weight is 495 g/mol. The van der Waals surface area contributed by atoms with Gasteiger partial charge in [0.05, 0.1) is 21.5 Å². The fourth-order valence-electron chi connectivity index (χ4n) is 2.74. The molecular formula is C18H9BrClN3O3S2. The van der Waals surface area contributed by atoms with Gasteiger partial charge in [-0.1, -0.05) is 51.0 Å². The monoisotopic (exact) mass is 493 g/mol. The summed E-state index contributed by atoms with van der Waals surface area (Å²) in [6.07, 6.45) is 0. The standard InChI is InChI=1S/C18H9BrClN3O3S2/c19-8-5-6-12-10(7-8)13(16(25)21-12)14-17(26)23(18(27)28-14)22-15(24)9-3-1-2-4-11(9)20/h1-7,26H,(H,22,24). The van der Waals surface area contributed by atoms with Crippen molar-refractivity contribution in [3.63, 3.8) is 0 Å². The Bertz CT molecular complexity index is 1350. The van der Waals surface area contributed by atoms with E-state index in [1.54, 1.807) is 42.5 Å². The lowest BCUT2D eigenvalue weighted by Gasteiger charge is -2.08. The van der Waals surface area contributed by atoms with Crippen molar-refractivity contribution in [2.24, 2.45) is 4.99 Å². The van der Waals surface area contributed by atoms with E-state index in [0.29, 0.717) is 10.6 Å². The predicted octanol–water partition coefficient (Wildman–Crippen LogP) is 3.14. The predicted molar refractivity (Wildman–Crippen MR) is 112 cm³/mol. The van der Waals surface area contributed by atoms with Crippen LogP contribution < -0.4 is 16.0 Å². The molecule has 4 rings (SSSR count). The van der Waals surface area contributed by atoms with Crippen molar-refractivity contribution in [1.29, 1.82) is 0 Å². The highest BCUT2D eigenvalue weighted by Crippen LogP contribution is 2.32. The molecule has 1 aliphatic heterocycles. The maximum Gasteiger partial charge on any atom is 0.279 e. The third-order valence-corrected chi connectivity index (χ3v) is 6.21. The Kier molecular flexibility index (Phi) is 4.92. The number of aromatic hydroxyl groups is 1. The molecule has 0 bridgehead atoms. The molecule has 3 aromatic rings. The van der Waals surface area contributed by atoms with Crippen LogP contribution >= 0.6 is 51.1 Å². The van der Waals surface area contributed by atoms with Crippen molar-refractivity contribution in [2.45, 2.75) is 0 Å². The van der Waals surface area contributed by atoms with Gasteiger partial charge in [0.15, 0.2) is 3.95 Å². The van der Waals surface area contributed by atoms with Gasteiger partial charge in [-0.25, -0.2) is 4.99 Å². The Labute approximate surface area is 180 Å². The molecule has 0 saturated carbocycles. The van der Waals surface area contributed by atoms with E-state index in [2.05, 4.69) is 26.3 Å². The molecule has 10 heteroatoms. The SMILES string of the molecule is O=C1N=c2ccc(Br)cc2=C1c1sc(=S)n(NC(=O)c2ccccc2Cl)c1O. The normalized spacial score (nSPS) is 12.6. The van der Waals surface area contributed by atoms with E-state index in [1.807, 2.05) is 0 Å². The summed E-state index contributed by atoms with van der Waals surface area (Å²) >= 11 is 15.7. The van der Waals surface area contributed by atoms with Gasteiger partial charge in [0.1, 0.15) is 4.88 Å². The minimum absolute atomic E-state index is 0.164. The summed E-state index contributed by atoms with van der Waals surface area (Å²) in [4.78, 5) is 29.2. The van der Waals surface area contributed by atoms with Gasteiger partial charge in [-0.2, -0.15) is 4.68 Å². The van der Waals surface area contributed by atoms with Crippen LogP contribution in [0.4, 0.5) is 0 Å². The molecule has 1 aromatic heterocycles. The minimum Gasteiger partial charge on any atom is -0.492 e. The molecule has 1 aliphatic rings. The highest BCUT2D eigenvalue weighted by atomic mass is 79.9. The molecule has 6 nitrogen and oxygen atoms in total. The third kappa shape index (κ3) is 3.20. The number of benzene rings is 2. The fraction of sp³-hybridized carbons (Fsp3) is 0. The van der Waals surface area contributed by atoms with Crippen LogP contribution in [0.15, 0.2) is 51.9 Å². The summed E-state index contributed by atoms with van der Waals surface area (Å²) in [7, 11) is 0. The number of nitrogens with zero attached hydrogens (tertiary/aromatic N) is 2. The first-order chi connectivity index (χ1) is 13.4. The second-order valence-corrected chi connectivity index (χ2v) is 8.70. The van der Waals surface area contributed by atoms with Crippen molar-refractivity contribution in [3.8, 4) is 5.88 Å². The molecule has 2 N–H and O–H groups in total. The molecule has 0 fully saturated rings. The lowest BCUT2D eigenvalue weighted by Crippen LogP contribution is -2.24. The number of amides is 2. The first-order valence-corrected chi connectivity index (χ1v) is 10.2. The second kappa shape index (κ2) is 7.25. The number of hydrogen-bond acceptors (Lipinski definition) is 5. The summed E-state index contributed by atoms with van der Waals surface area (Å²) in [5.41, 5.74) is 2.98. The topological polar surface area (TPSA) is 83.7 Å². The summed E-state index contributed by atoms with van der Waals surface area (Å²) in [5.74, 6) is -1.37. The van der Waals surface area contributed by atoms with Gasteiger partial charge < -0.3 is 5.11 Å². The molecule has 140 valence electrons. The highest BCUT2D eigenvalue weighted by Gasteiger charge is 2.26. The van der Waals surface area contributed by atoms with Crippen molar-refractivity contribution in [1.82, 2.24) is 4.68 Å². The minimum atomic E-state index is -0.545. The largest absolute Gasteiger partial charge is 0.492 e. The van der Waals surface area contributed by atoms with Gasteiger partial charge in [-0.05, 0) is 42.5 Å². The van der Waals surface area contributed by atoms with Crippen LogP contribution in [0.2, 0.25) is 5.02 Å². The Morgan fingerprint density at radius 2 is 2.04 bits per heavy atom. The van der Waals surface area contributed by atoms with Crippen molar-refractivity contribution in [2.75, 3.05) is 5.43 Å². The van der Waals surface area contributed by atoms with Crippen LogP contribution in [0.25, 0.3) is 5.57 Å². The van der Waals surface area contributed by atoms with Crippen LogP contribution in [0.1, 0.15) is 15.2 Å². The molecule has 0 spiro atoms. The van der Waals surface area contributed by atoms with E-state index in [-0.39, 0.29) is 30.9 Å². The Balaban J connectivity index is 1.82. The molecule has 2 amide bonds. The first kappa shape index (κ1) is 19.0.